The monoisotopic (exact) mass is 391 g/mol. The van der Waals surface area contributed by atoms with Crippen molar-refractivity contribution in [1.29, 1.82) is 0 Å². The van der Waals surface area contributed by atoms with E-state index in [1.807, 2.05) is 37.8 Å². The van der Waals surface area contributed by atoms with Crippen molar-refractivity contribution in [3.63, 3.8) is 0 Å². The average molecular weight is 392 g/mol. The third-order valence-corrected chi connectivity index (χ3v) is 4.62. The molecule has 6 heteroatoms. The second-order valence-corrected chi connectivity index (χ2v) is 6.89. The minimum Gasteiger partial charge on any atom is -0.496 e. The van der Waals surface area contributed by atoms with Crippen molar-refractivity contribution < 1.29 is 4.74 Å². The predicted molar refractivity (Wildman–Crippen MR) is 117 cm³/mol. The van der Waals surface area contributed by atoms with Gasteiger partial charge in [0.25, 0.3) is 0 Å². The van der Waals surface area contributed by atoms with Crippen LogP contribution in [-0.4, -0.2) is 41.1 Å². The number of methoxy groups -OCH3 is 1. The van der Waals surface area contributed by atoms with Crippen LogP contribution in [0.5, 0.6) is 5.75 Å². The highest BCUT2D eigenvalue weighted by Crippen LogP contribution is 2.19. The van der Waals surface area contributed by atoms with Crippen LogP contribution in [-0.2, 0) is 19.6 Å². The third-order valence-electron chi connectivity index (χ3n) is 4.62. The number of ether oxygens (including phenoxy) is 1. The number of guanidine groups is 1. The van der Waals surface area contributed by atoms with Crippen LogP contribution in [0.15, 0.2) is 72.2 Å². The summed E-state index contributed by atoms with van der Waals surface area (Å²) in [6.45, 7) is 5.05. The molecule has 0 amide bonds. The van der Waals surface area contributed by atoms with Crippen molar-refractivity contribution in [3.8, 4) is 5.75 Å². The van der Waals surface area contributed by atoms with Gasteiger partial charge in [-0.1, -0.05) is 42.5 Å². The molecule has 1 heterocycles. The molecule has 1 aromatic heterocycles. The van der Waals surface area contributed by atoms with Gasteiger partial charge in [0, 0.05) is 44.6 Å². The molecule has 2 aromatic carbocycles. The smallest absolute Gasteiger partial charge is 0.194 e. The number of nitrogens with one attached hydrogen (secondary N) is 1. The van der Waals surface area contributed by atoms with Crippen LogP contribution in [0.3, 0.4) is 0 Å². The molecule has 0 fully saturated rings. The second kappa shape index (κ2) is 10.3. The Balaban J connectivity index is 1.70. The fourth-order valence-electron chi connectivity index (χ4n) is 3.22. The molecule has 0 aliphatic heterocycles. The van der Waals surface area contributed by atoms with E-state index in [2.05, 4.69) is 57.0 Å². The maximum Gasteiger partial charge on any atom is 0.194 e. The summed E-state index contributed by atoms with van der Waals surface area (Å²) >= 11 is 0. The SMILES string of the molecule is CCNC(=NCc1cccc(Cn2ccnc2)c1)N(C)Cc1ccccc1OC. The Morgan fingerprint density at radius 2 is 2.00 bits per heavy atom. The molecule has 0 radical (unpaired) electrons. The molecule has 0 aliphatic carbocycles. The van der Waals surface area contributed by atoms with Crippen molar-refractivity contribution in [3.05, 3.63) is 83.9 Å². The first-order valence-corrected chi connectivity index (χ1v) is 9.84. The van der Waals surface area contributed by atoms with E-state index in [4.69, 9.17) is 9.73 Å². The topological polar surface area (TPSA) is 54.7 Å². The summed E-state index contributed by atoms with van der Waals surface area (Å²) < 4.78 is 7.54. The zero-order valence-corrected chi connectivity index (χ0v) is 17.4. The van der Waals surface area contributed by atoms with Gasteiger partial charge in [-0.15, -0.1) is 0 Å². The molecule has 29 heavy (non-hydrogen) atoms. The van der Waals surface area contributed by atoms with Crippen molar-refractivity contribution in [1.82, 2.24) is 19.8 Å². The van der Waals surface area contributed by atoms with E-state index in [-0.39, 0.29) is 0 Å². The van der Waals surface area contributed by atoms with E-state index in [0.717, 1.165) is 36.9 Å². The van der Waals surface area contributed by atoms with Crippen LogP contribution < -0.4 is 10.1 Å². The molecular weight excluding hydrogens is 362 g/mol. The lowest BCUT2D eigenvalue weighted by atomic mass is 10.1. The summed E-state index contributed by atoms with van der Waals surface area (Å²) in [5.74, 6) is 1.76. The average Bonchev–Trinajstić information content (AvgIpc) is 3.24. The van der Waals surface area contributed by atoms with Crippen molar-refractivity contribution >= 4 is 5.96 Å². The number of aliphatic imine (C=N–C) groups is 1. The number of hydrogen-bond donors (Lipinski definition) is 1. The van der Waals surface area contributed by atoms with Crippen LogP contribution in [0, 0.1) is 0 Å². The van der Waals surface area contributed by atoms with E-state index in [9.17, 15) is 0 Å². The summed E-state index contributed by atoms with van der Waals surface area (Å²) in [5.41, 5.74) is 3.55. The number of rotatable bonds is 8. The van der Waals surface area contributed by atoms with Crippen molar-refractivity contribution in [2.24, 2.45) is 4.99 Å². The van der Waals surface area contributed by atoms with Gasteiger partial charge in [0.2, 0.25) is 0 Å². The highest BCUT2D eigenvalue weighted by molar-refractivity contribution is 5.79. The number of nitrogens with zero attached hydrogens (tertiary/aromatic N) is 4. The molecule has 0 saturated carbocycles. The Morgan fingerprint density at radius 1 is 1.17 bits per heavy atom. The molecule has 0 aliphatic rings. The van der Waals surface area contributed by atoms with Gasteiger partial charge in [-0.2, -0.15) is 0 Å². The number of hydrogen-bond acceptors (Lipinski definition) is 3. The standard InChI is InChI=1S/C23H29N5O/c1-4-25-23(27(2)17-21-10-5-6-11-22(21)29-3)26-15-19-8-7-9-20(14-19)16-28-13-12-24-18-28/h5-14,18H,4,15-17H2,1-3H3,(H,25,26). The Bertz CT molecular complexity index is 921. The minimum atomic E-state index is 0.621. The van der Waals surface area contributed by atoms with Gasteiger partial charge in [-0.05, 0) is 24.1 Å². The first-order valence-electron chi connectivity index (χ1n) is 9.84. The summed E-state index contributed by atoms with van der Waals surface area (Å²) in [7, 11) is 3.75. The van der Waals surface area contributed by atoms with Crippen molar-refractivity contribution in [2.75, 3.05) is 20.7 Å². The molecule has 0 bridgehead atoms. The lowest BCUT2D eigenvalue weighted by molar-refractivity contribution is 0.396. The van der Waals surface area contributed by atoms with E-state index in [1.165, 1.54) is 11.1 Å². The summed E-state index contributed by atoms with van der Waals surface area (Å²) in [6.07, 6.45) is 5.61. The quantitative estimate of drug-likeness (QED) is 0.471. The van der Waals surface area contributed by atoms with E-state index >= 15 is 0 Å². The molecule has 3 aromatic rings. The van der Waals surface area contributed by atoms with Gasteiger partial charge in [0.1, 0.15) is 5.75 Å². The van der Waals surface area contributed by atoms with E-state index < -0.39 is 0 Å². The summed E-state index contributed by atoms with van der Waals surface area (Å²) in [4.78, 5) is 11.1. The Morgan fingerprint density at radius 3 is 2.76 bits per heavy atom. The van der Waals surface area contributed by atoms with Crippen LogP contribution >= 0.6 is 0 Å². The van der Waals surface area contributed by atoms with Gasteiger partial charge in [0.05, 0.1) is 20.0 Å². The van der Waals surface area contributed by atoms with E-state index in [0.29, 0.717) is 6.54 Å². The number of para-hydroxylation sites is 1. The minimum absolute atomic E-state index is 0.621. The Labute approximate surface area is 172 Å². The molecule has 1 N–H and O–H groups in total. The highest BCUT2D eigenvalue weighted by Gasteiger charge is 2.10. The largest absolute Gasteiger partial charge is 0.496 e. The number of benzene rings is 2. The molecule has 0 spiro atoms. The maximum absolute atomic E-state index is 5.48. The van der Waals surface area contributed by atoms with Crippen LogP contribution in [0.25, 0.3) is 0 Å². The first kappa shape index (κ1) is 20.5. The zero-order chi connectivity index (χ0) is 20.5. The Hall–Kier alpha value is -3.28. The molecule has 0 saturated heterocycles. The van der Waals surface area contributed by atoms with Gasteiger partial charge in [0.15, 0.2) is 5.96 Å². The van der Waals surface area contributed by atoms with Gasteiger partial charge in [-0.3, -0.25) is 0 Å². The van der Waals surface area contributed by atoms with Crippen molar-refractivity contribution in [2.45, 2.75) is 26.6 Å². The molecule has 0 atom stereocenters. The normalized spacial score (nSPS) is 11.3. The third kappa shape index (κ3) is 5.85. The van der Waals surface area contributed by atoms with Crippen LogP contribution in [0.1, 0.15) is 23.6 Å². The summed E-state index contributed by atoms with van der Waals surface area (Å²) in [6, 6.07) is 16.6. The van der Waals surface area contributed by atoms with E-state index in [1.54, 1.807) is 13.3 Å². The second-order valence-electron chi connectivity index (χ2n) is 6.89. The molecule has 6 nitrogen and oxygen atoms in total. The van der Waals surface area contributed by atoms with Gasteiger partial charge < -0.3 is 19.5 Å². The molecule has 152 valence electrons. The van der Waals surface area contributed by atoms with Gasteiger partial charge >= 0.3 is 0 Å². The summed E-state index contributed by atoms with van der Waals surface area (Å²) in [5, 5.41) is 3.38. The highest BCUT2D eigenvalue weighted by atomic mass is 16.5. The molecule has 0 unspecified atom stereocenters. The van der Waals surface area contributed by atoms with Gasteiger partial charge in [-0.25, -0.2) is 9.98 Å². The first-order chi connectivity index (χ1) is 14.2. The zero-order valence-electron chi connectivity index (χ0n) is 17.4. The van der Waals surface area contributed by atoms with Crippen LogP contribution in [0.4, 0.5) is 0 Å². The predicted octanol–water partition coefficient (Wildman–Crippen LogP) is 3.54. The fraction of sp³-hybridized carbons (Fsp3) is 0.304. The Kier molecular flexibility index (Phi) is 7.28. The van der Waals surface area contributed by atoms with Crippen LogP contribution in [0.2, 0.25) is 0 Å². The number of aromatic nitrogens is 2. The fourth-order valence-corrected chi connectivity index (χ4v) is 3.22. The molecule has 3 rings (SSSR count). The lowest BCUT2D eigenvalue weighted by Gasteiger charge is -2.23. The lowest BCUT2D eigenvalue weighted by Crippen LogP contribution is -2.38. The number of imidazole rings is 1. The maximum atomic E-state index is 5.48. The molecular formula is C23H29N5O.